The largest absolute Gasteiger partial charge is 0.345 e. The van der Waals surface area contributed by atoms with Crippen LogP contribution in [0.1, 0.15) is 26.3 Å². The maximum Gasteiger partial charge on any atom is 0.253 e. The van der Waals surface area contributed by atoms with Crippen molar-refractivity contribution in [2.75, 3.05) is 6.54 Å². The maximum atomic E-state index is 12.0. The van der Waals surface area contributed by atoms with Crippen LogP contribution in [0.2, 0.25) is 5.02 Å². The minimum Gasteiger partial charge on any atom is -0.345 e. The quantitative estimate of drug-likeness (QED) is 0.877. The molecule has 0 aliphatic heterocycles. The number of benzene rings is 2. The molecule has 4 heteroatoms. The molecule has 0 unspecified atom stereocenters. The lowest BCUT2D eigenvalue weighted by Gasteiger charge is -2.07. The van der Waals surface area contributed by atoms with E-state index in [0.29, 0.717) is 16.1 Å². The number of Topliss-reactive ketones (excluding diaryl/α,β-unsaturated/α-hetero) is 1. The second-order valence-electron chi connectivity index (χ2n) is 4.41. The van der Waals surface area contributed by atoms with Gasteiger partial charge in [0, 0.05) is 5.56 Å². The Morgan fingerprint density at radius 3 is 2.45 bits per heavy atom. The summed E-state index contributed by atoms with van der Waals surface area (Å²) in [5.74, 6) is -0.481. The highest BCUT2D eigenvalue weighted by molar-refractivity contribution is 6.34. The number of hydrogen-bond donors (Lipinski definition) is 1. The van der Waals surface area contributed by atoms with Crippen LogP contribution in [0.5, 0.6) is 0 Å². The van der Waals surface area contributed by atoms with Crippen molar-refractivity contribution in [2.24, 2.45) is 0 Å². The topological polar surface area (TPSA) is 46.2 Å². The van der Waals surface area contributed by atoms with Crippen LogP contribution >= 0.6 is 11.6 Å². The molecular weight excluding hydrogens is 274 g/mol. The van der Waals surface area contributed by atoms with E-state index in [4.69, 9.17) is 11.6 Å². The van der Waals surface area contributed by atoms with Gasteiger partial charge in [-0.25, -0.2) is 0 Å². The smallest absolute Gasteiger partial charge is 0.253 e. The molecule has 0 bridgehead atoms. The van der Waals surface area contributed by atoms with E-state index >= 15 is 0 Å². The molecule has 0 saturated heterocycles. The van der Waals surface area contributed by atoms with Crippen LogP contribution in [0.3, 0.4) is 0 Å². The average Bonchev–Trinajstić information content (AvgIpc) is 2.48. The van der Waals surface area contributed by atoms with Crippen LogP contribution in [0.15, 0.2) is 48.5 Å². The molecule has 0 atom stereocenters. The first-order valence-electron chi connectivity index (χ1n) is 6.21. The maximum absolute atomic E-state index is 12.0. The summed E-state index contributed by atoms with van der Waals surface area (Å²) >= 11 is 6.07. The number of amides is 1. The zero-order chi connectivity index (χ0) is 14.5. The standard InChI is InChI=1S/C16H14ClNO2/c1-11-6-5-9-13(15(11)17)16(20)18-10-14(19)12-7-3-2-4-8-12/h2-9H,10H2,1H3,(H,18,20). The van der Waals surface area contributed by atoms with Crippen LogP contribution in [-0.2, 0) is 0 Å². The van der Waals surface area contributed by atoms with Gasteiger partial charge in [0.15, 0.2) is 5.78 Å². The second-order valence-corrected chi connectivity index (χ2v) is 4.79. The molecule has 0 saturated carbocycles. The van der Waals surface area contributed by atoms with Gasteiger partial charge in [-0.2, -0.15) is 0 Å². The van der Waals surface area contributed by atoms with Gasteiger partial charge in [0.25, 0.3) is 5.91 Å². The number of hydrogen-bond acceptors (Lipinski definition) is 2. The number of ketones is 1. The highest BCUT2D eigenvalue weighted by Gasteiger charge is 2.13. The second kappa shape index (κ2) is 6.35. The predicted molar refractivity (Wildman–Crippen MR) is 79.3 cm³/mol. The van der Waals surface area contributed by atoms with E-state index in [1.807, 2.05) is 19.1 Å². The van der Waals surface area contributed by atoms with Crippen molar-refractivity contribution in [3.63, 3.8) is 0 Å². The van der Waals surface area contributed by atoms with Gasteiger partial charge in [-0.3, -0.25) is 9.59 Å². The summed E-state index contributed by atoms with van der Waals surface area (Å²) < 4.78 is 0. The SMILES string of the molecule is Cc1cccc(C(=O)NCC(=O)c2ccccc2)c1Cl. The normalized spacial score (nSPS) is 10.1. The van der Waals surface area contributed by atoms with Crippen molar-refractivity contribution in [2.45, 2.75) is 6.92 Å². The predicted octanol–water partition coefficient (Wildman–Crippen LogP) is 3.26. The fourth-order valence-electron chi connectivity index (χ4n) is 1.80. The molecule has 0 heterocycles. The summed E-state index contributed by atoms with van der Waals surface area (Å²) in [6.07, 6.45) is 0. The summed E-state index contributed by atoms with van der Waals surface area (Å²) in [4.78, 5) is 23.9. The summed E-state index contributed by atoms with van der Waals surface area (Å²) in [5, 5.41) is 3.01. The third kappa shape index (κ3) is 3.25. The van der Waals surface area contributed by atoms with Gasteiger partial charge >= 0.3 is 0 Å². The molecule has 0 aliphatic rings. The number of carbonyl (C=O) groups is 2. The zero-order valence-corrected chi connectivity index (χ0v) is 11.8. The molecule has 3 nitrogen and oxygen atoms in total. The van der Waals surface area contributed by atoms with Gasteiger partial charge in [0.05, 0.1) is 17.1 Å². The van der Waals surface area contributed by atoms with Gasteiger partial charge < -0.3 is 5.32 Å². The van der Waals surface area contributed by atoms with Gasteiger partial charge in [0.1, 0.15) is 0 Å². The lowest BCUT2D eigenvalue weighted by Crippen LogP contribution is -2.29. The van der Waals surface area contributed by atoms with Crippen molar-refractivity contribution < 1.29 is 9.59 Å². The van der Waals surface area contributed by atoms with Crippen LogP contribution in [0.25, 0.3) is 0 Å². The minimum absolute atomic E-state index is 0.0485. The van der Waals surface area contributed by atoms with Crippen molar-refractivity contribution in [3.8, 4) is 0 Å². The Bertz CT molecular complexity index is 638. The molecule has 102 valence electrons. The Morgan fingerprint density at radius 1 is 1.05 bits per heavy atom. The Balaban J connectivity index is 2.03. The first-order chi connectivity index (χ1) is 9.59. The van der Waals surface area contributed by atoms with E-state index in [1.54, 1.807) is 36.4 Å². The molecule has 1 amide bonds. The molecular formula is C16H14ClNO2. The first kappa shape index (κ1) is 14.3. The fourth-order valence-corrected chi connectivity index (χ4v) is 2.02. The molecule has 2 aromatic carbocycles. The lowest BCUT2D eigenvalue weighted by molar-refractivity contribution is 0.0904. The van der Waals surface area contributed by atoms with E-state index in [0.717, 1.165) is 5.56 Å². The molecule has 0 aliphatic carbocycles. The molecule has 0 spiro atoms. The Hall–Kier alpha value is -2.13. The molecule has 2 aromatic rings. The van der Waals surface area contributed by atoms with E-state index in [1.165, 1.54) is 0 Å². The van der Waals surface area contributed by atoms with Crippen molar-refractivity contribution in [1.29, 1.82) is 0 Å². The van der Waals surface area contributed by atoms with Crippen LogP contribution in [0, 0.1) is 6.92 Å². The van der Waals surface area contributed by atoms with E-state index in [2.05, 4.69) is 5.32 Å². The highest BCUT2D eigenvalue weighted by atomic mass is 35.5. The summed E-state index contributed by atoms with van der Waals surface area (Å²) in [6, 6.07) is 14.1. The third-order valence-corrected chi connectivity index (χ3v) is 3.44. The Labute approximate surface area is 122 Å². The number of halogens is 1. The molecule has 0 aromatic heterocycles. The van der Waals surface area contributed by atoms with Gasteiger partial charge in [-0.15, -0.1) is 0 Å². The Kier molecular flexibility index (Phi) is 4.53. The van der Waals surface area contributed by atoms with Crippen LogP contribution in [0.4, 0.5) is 0 Å². The van der Waals surface area contributed by atoms with Crippen molar-refractivity contribution in [1.82, 2.24) is 5.32 Å². The van der Waals surface area contributed by atoms with E-state index < -0.39 is 0 Å². The highest BCUT2D eigenvalue weighted by Crippen LogP contribution is 2.19. The molecule has 1 N–H and O–H groups in total. The molecule has 0 fully saturated rings. The van der Waals surface area contributed by atoms with Crippen LogP contribution < -0.4 is 5.32 Å². The van der Waals surface area contributed by atoms with E-state index in [9.17, 15) is 9.59 Å². The first-order valence-corrected chi connectivity index (χ1v) is 6.59. The summed E-state index contributed by atoms with van der Waals surface area (Å²) in [7, 11) is 0. The van der Waals surface area contributed by atoms with Gasteiger partial charge in [-0.1, -0.05) is 54.1 Å². The fraction of sp³-hybridized carbons (Fsp3) is 0.125. The summed E-state index contributed by atoms with van der Waals surface area (Å²) in [6.45, 7) is 1.78. The number of rotatable bonds is 4. The molecule has 2 rings (SSSR count). The van der Waals surface area contributed by atoms with Gasteiger partial charge in [-0.05, 0) is 18.6 Å². The van der Waals surface area contributed by atoms with E-state index in [-0.39, 0.29) is 18.2 Å². The zero-order valence-electron chi connectivity index (χ0n) is 11.0. The lowest BCUT2D eigenvalue weighted by atomic mass is 10.1. The van der Waals surface area contributed by atoms with Crippen LogP contribution in [-0.4, -0.2) is 18.2 Å². The monoisotopic (exact) mass is 287 g/mol. The average molecular weight is 288 g/mol. The minimum atomic E-state index is -0.344. The Morgan fingerprint density at radius 2 is 1.75 bits per heavy atom. The number of nitrogens with one attached hydrogen (secondary N) is 1. The number of aryl methyl sites for hydroxylation is 1. The van der Waals surface area contributed by atoms with Gasteiger partial charge in [0.2, 0.25) is 0 Å². The van der Waals surface area contributed by atoms with Crippen molar-refractivity contribution >= 4 is 23.3 Å². The molecule has 20 heavy (non-hydrogen) atoms. The number of carbonyl (C=O) groups excluding carboxylic acids is 2. The third-order valence-electron chi connectivity index (χ3n) is 2.94. The summed E-state index contributed by atoms with van der Waals surface area (Å²) in [5.41, 5.74) is 1.78. The van der Waals surface area contributed by atoms with Crippen molar-refractivity contribution in [3.05, 3.63) is 70.2 Å². The molecule has 0 radical (unpaired) electrons.